The summed E-state index contributed by atoms with van der Waals surface area (Å²) < 4.78 is 0. The van der Waals surface area contributed by atoms with Crippen LogP contribution in [0.1, 0.15) is 30.7 Å². The second-order valence-corrected chi connectivity index (χ2v) is 6.49. The standard InChI is InChI=1S/C16H20N4OS/c21-16(20-10-6-1-2-7-11-20)17-12-14-18-19-15(22-14)13-8-4-3-5-9-13/h3-5,8-9H,1-2,6-7,10-12H2,(H,17,21). The third kappa shape index (κ3) is 3.82. The Kier molecular flexibility index (Phi) is 5.00. The van der Waals surface area contributed by atoms with Gasteiger partial charge < -0.3 is 10.2 Å². The zero-order valence-corrected chi connectivity index (χ0v) is 13.3. The van der Waals surface area contributed by atoms with Gasteiger partial charge in [0, 0.05) is 18.7 Å². The van der Waals surface area contributed by atoms with Gasteiger partial charge in [0.05, 0.1) is 6.54 Å². The summed E-state index contributed by atoms with van der Waals surface area (Å²) in [6, 6.07) is 9.99. The van der Waals surface area contributed by atoms with Crippen LogP contribution in [-0.4, -0.2) is 34.2 Å². The number of rotatable bonds is 3. The Morgan fingerprint density at radius 2 is 1.82 bits per heavy atom. The molecule has 0 spiro atoms. The van der Waals surface area contributed by atoms with E-state index >= 15 is 0 Å². The lowest BCUT2D eigenvalue weighted by atomic mass is 10.2. The van der Waals surface area contributed by atoms with Gasteiger partial charge in [-0.25, -0.2) is 4.79 Å². The van der Waals surface area contributed by atoms with Crippen LogP contribution in [0.5, 0.6) is 0 Å². The summed E-state index contributed by atoms with van der Waals surface area (Å²) in [4.78, 5) is 14.1. The number of hydrogen-bond donors (Lipinski definition) is 1. The van der Waals surface area contributed by atoms with E-state index in [1.165, 1.54) is 24.2 Å². The van der Waals surface area contributed by atoms with Gasteiger partial charge in [-0.1, -0.05) is 54.5 Å². The number of hydrogen-bond acceptors (Lipinski definition) is 4. The highest BCUT2D eigenvalue weighted by atomic mass is 32.1. The van der Waals surface area contributed by atoms with Gasteiger partial charge >= 0.3 is 6.03 Å². The topological polar surface area (TPSA) is 58.1 Å². The van der Waals surface area contributed by atoms with Crippen molar-refractivity contribution in [2.24, 2.45) is 0 Å². The average Bonchev–Trinajstić information content (AvgIpc) is 2.87. The highest BCUT2D eigenvalue weighted by Crippen LogP contribution is 2.22. The number of aromatic nitrogens is 2. The van der Waals surface area contributed by atoms with Gasteiger partial charge in [-0.15, -0.1) is 10.2 Å². The van der Waals surface area contributed by atoms with Crippen LogP contribution in [0, 0.1) is 0 Å². The van der Waals surface area contributed by atoms with Crippen molar-refractivity contribution in [3.8, 4) is 10.6 Å². The molecule has 0 saturated carbocycles. The molecule has 1 N–H and O–H groups in total. The van der Waals surface area contributed by atoms with E-state index in [9.17, 15) is 4.79 Å². The third-order valence-corrected chi connectivity index (χ3v) is 4.74. The van der Waals surface area contributed by atoms with Crippen LogP contribution >= 0.6 is 11.3 Å². The van der Waals surface area contributed by atoms with Gasteiger partial charge in [-0.05, 0) is 12.8 Å². The van der Waals surface area contributed by atoms with E-state index in [0.29, 0.717) is 6.54 Å². The monoisotopic (exact) mass is 316 g/mol. The van der Waals surface area contributed by atoms with E-state index in [1.54, 1.807) is 0 Å². The van der Waals surface area contributed by atoms with E-state index in [2.05, 4.69) is 15.5 Å². The SMILES string of the molecule is O=C(NCc1nnc(-c2ccccc2)s1)N1CCCCCC1. The van der Waals surface area contributed by atoms with Crippen LogP contribution in [0.25, 0.3) is 10.6 Å². The van der Waals surface area contributed by atoms with Crippen molar-refractivity contribution in [3.05, 3.63) is 35.3 Å². The summed E-state index contributed by atoms with van der Waals surface area (Å²) in [6.07, 6.45) is 4.65. The van der Waals surface area contributed by atoms with Crippen molar-refractivity contribution < 1.29 is 4.79 Å². The number of benzene rings is 1. The van der Waals surface area contributed by atoms with Crippen molar-refractivity contribution in [2.45, 2.75) is 32.2 Å². The molecule has 3 rings (SSSR count). The summed E-state index contributed by atoms with van der Waals surface area (Å²) in [5.41, 5.74) is 1.06. The van der Waals surface area contributed by atoms with Crippen molar-refractivity contribution in [2.75, 3.05) is 13.1 Å². The predicted molar refractivity (Wildman–Crippen MR) is 87.6 cm³/mol. The van der Waals surface area contributed by atoms with Crippen LogP contribution in [0.2, 0.25) is 0 Å². The van der Waals surface area contributed by atoms with Crippen LogP contribution in [-0.2, 0) is 6.54 Å². The second-order valence-electron chi connectivity index (χ2n) is 5.43. The molecule has 1 fully saturated rings. The Labute approximate surface area is 134 Å². The predicted octanol–water partition coefficient (Wildman–Crippen LogP) is 3.29. The molecule has 22 heavy (non-hydrogen) atoms. The number of amides is 2. The molecule has 0 aliphatic carbocycles. The Hall–Kier alpha value is -1.95. The fourth-order valence-electron chi connectivity index (χ4n) is 2.56. The molecule has 1 aliphatic rings. The summed E-state index contributed by atoms with van der Waals surface area (Å²) in [7, 11) is 0. The second kappa shape index (κ2) is 7.35. The first kappa shape index (κ1) is 15.0. The van der Waals surface area contributed by atoms with Crippen LogP contribution in [0.15, 0.2) is 30.3 Å². The minimum atomic E-state index is 0.0124. The molecule has 6 heteroatoms. The van der Waals surface area contributed by atoms with Crippen LogP contribution in [0.3, 0.4) is 0 Å². The molecule has 1 aromatic heterocycles. The summed E-state index contributed by atoms with van der Waals surface area (Å²) in [5, 5.41) is 13.0. The molecule has 2 amide bonds. The lowest BCUT2D eigenvalue weighted by Crippen LogP contribution is -2.40. The highest BCUT2D eigenvalue weighted by Gasteiger charge is 2.15. The third-order valence-electron chi connectivity index (χ3n) is 3.77. The number of carbonyl (C=O) groups is 1. The molecule has 0 atom stereocenters. The highest BCUT2D eigenvalue weighted by molar-refractivity contribution is 7.14. The number of urea groups is 1. The molecule has 1 saturated heterocycles. The Balaban J connectivity index is 1.55. The summed E-state index contributed by atoms with van der Waals surface area (Å²) in [6.45, 7) is 2.16. The molecule has 5 nitrogen and oxygen atoms in total. The minimum absolute atomic E-state index is 0.0124. The fourth-order valence-corrected chi connectivity index (χ4v) is 3.34. The van der Waals surface area contributed by atoms with Crippen molar-refractivity contribution in [3.63, 3.8) is 0 Å². The first-order valence-corrected chi connectivity index (χ1v) is 8.55. The number of nitrogens with zero attached hydrogens (tertiary/aromatic N) is 3. The Bertz CT molecular complexity index is 606. The normalized spacial score (nSPS) is 15.4. The number of carbonyl (C=O) groups excluding carboxylic acids is 1. The molecule has 2 aromatic rings. The molecule has 1 aromatic carbocycles. The first-order valence-electron chi connectivity index (χ1n) is 7.73. The van der Waals surface area contributed by atoms with Crippen LogP contribution < -0.4 is 5.32 Å². The molecule has 0 bridgehead atoms. The van der Waals surface area contributed by atoms with E-state index in [0.717, 1.165) is 41.5 Å². The van der Waals surface area contributed by atoms with Crippen LogP contribution in [0.4, 0.5) is 4.79 Å². The molecule has 0 unspecified atom stereocenters. The molecule has 2 heterocycles. The molecule has 116 valence electrons. The minimum Gasteiger partial charge on any atom is -0.331 e. The van der Waals surface area contributed by atoms with Gasteiger partial charge in [0.1, 0.15) is 10.0 Å². The smallest absolute Gasteiger partial charge is 0.317 e. The van der Waals surface area contributed by atoms with E-state index in [1.807, 2.05) is 35.2 Å². The summed E-state index contributed by atoms with van der Waals surface area (Å²) in [5.74, 6) is 0. The number of nitrogens with one attached hydrogen (secondary N) is 1. The van der Waals surface area contributed by atoms with E-state index in [-0.39, 0.29) is 6.03 Å². The molecular formula is C16H20N4OS. The number of likely N-dealkylation sites (tertiary alicyclic amines) is 1. The fraction of sp³-hybridized carbons (Fsp3) is 0.438. The van der Waals surface area contributed by atoms with Gasteiger partial charge in [0.15, 0.2) is 0 Å². The Morgan fingerprint density at radius 3 is 2.55 bits per heavy atom. The van der Waals surface area contributed by atoms with Gasteiger partial charge in [0.2, 0.25) is 0 Å². The molecule has 0 radical (unpaired) electrons. The van der Waals surface area contributed by atoms with Crippen molar-refractivity contribution in [1.29, 1.82) is 0 Å². The maximum absolute atomic E-state index is 12.2. The zero-order chi connectivity index (χ0) is 15.2. The van der Waals surface area contributed by atoms with Crippen molar-refractivity contribution >= 4 is 17.4 Å². The Morgan fingerprint density at radius 1 is 1.09 bits per heavy atom. The zero-order valence-electron chi connectivity index (χ0n) is 12.5. The first-order chi connectivity index (χ1) is 10.8. The molecular weight excluding hydrogens is 296 g/mol. The maximum Gasteiger partial charge on any atom is 0.317 e. The van der Waals surface area contributed by atoms with Gasteiger partial charge in [0.25, 0.3) is 0 Å². The average molecular weight is 316 g/mol. The largest absolute Gasteiger partial charge is 0.331 e. The molecule has 1 aliphatic heterocycles. The van der Waals surface area contributed by atoms with Crippen molar-refractivity contribution in [1.82, 2.24) is 20.4 Å². The summed E-state index contributed by atoms with van der Waals surface area (Å²) >= 11 is 1.52. The van der Waals surface area contributed by atoms with E-state index in [4.69, 9.17) is 0 Å². The lowest BCUT2D eigenvalue weighted by Gasteiger charge is -2.20. The maximum atomic E-state index is 12.2. The van der Waals surface area contributed by atoms with Gasteiger partial charge in [-0.2, -0.15) is 0 Å². The lowest BCUT2D eigenvalue weighted by molar-refractivity contribution is 0.199. The van der Waals surface area contributed by atoms with E-state index < -0.39 is 0 Å². The van der Waals surface area contributed by atoms with Gasteiger partial charge in [-0.3, -0.25) is 0 Å². The quantitative estimate of drug-likeness (QED) is 0.945.